The first kappa shape index (κ1) is 15.4. The van der Waals surface area contributed by atoms with Gasteiger partial charge in [0.25, 0.3) is 0 Å². The van der Waals surface area contributed by atoms with Crippen molar-refractivity contribution >= 4 is 17.2 Å². The lowest BCUT2D eigenvalue weighted by Crippen LogP contribution is -2.40. The lowest BCUT2D eigenvalue weighted by Gasteiger charge is -2.26. The SMILES string of the molecule is COCCNCC(=O)NCCN1CCc2sccc2C1. The maximum Gasteiger partial charge on any atom is 0.234 e. The molecule has 0 saturated carbocycles. The molecule has 1 aliphatic heterocycles. The van der Waals surface area contributed by atoms with Gasteiger partial charge < -0.3 is 15.4 Å². The molecule has 2 heterocycles. The maximum absolute atomic E-state index is 11.6. The van der Waals surface area contributed by atoms with E-state index in [1.54, 1.807) is 7.11 Å². The highest BCUT2D eigenvalue weighted by Crippen LogP contribution is 2.23. The van der Waals surface area contributed by atoms with Crippen molar-refractivity contribution in [1.82, 2.24) is 15.5 Å². The highest BCUT2D eigenvalue weighted by atomic mass is 32.1. The fraction of sp³-hybridized carbons (Fsp3) is 0.643. The van der Waals surface area contributed by atoms with E-state index in [9.17, 15) is 4.79 Å². The van der Waals surface area contributed by atoms with Crippen molar-refractivity contribution in [3.63, 3.8) is 0 Å². The number of carbonyl (C=O) groups is 1. The number of methoxy groups -OCH3 is 1. The predicted molar refractivity (Wildman–Crippen MR) is 81.1 cm³/mol. The molecule has 0 radical (unpaired) electrons. The number of nitrogens with one attached hydrogen (secondary N) is 2. The molecule has 1 aromatic heterocycles. The molecule has 0 spiro atoms. The van der Waals surface area contributed by atoms with E-state index >= 15 is 0 Å². The first-order chi connectivity index (χ1) is 9.79. The normalized spacial score (nSPS) is 15.1. The Morgan fingerprint density at radius 2 is 2.40 bits per heavy atom. The number of carbonyl (C=O) groups excluding carboxylic acids is 1. The zero-order valence-electron chi connectivity index (χ0n) is 12.0. The number of ether oxygens (including phenoxy) is 1. The molecule has 20 heavy (non-hydrogen) atoms. The Bertz CT molecular complexity index is 422. The van der Waals surface area contributed by atoms with Crippen LogP contribution in [0.25, 0.3) is 0 Å². The van der Waals surface area contributed by atoms with Crippen LogP contribution in [-0.4, -0.2) is 57.2 Å². The van der Waals surface area contributed by atoms with Crippen molar-refractivity contribution in [2.75, 3.05) is 46.4 Å². The third-order valence-corrected chi connectivity index (χ3v) is 4.43. The van der Waals surface area contributed by atoms with E-state index in [1.165, 1.54) is 10.4 Å². The molecule has 6 heteroatoms. The fourth-order valence-corrected chi connectivity index (χ4v) is 3.18. The van der Waals surface area contributed by atoms with E-state index in [4.69, 9.17) is 4.74 Å². The molecule has 0 aromatic carbocycles. The molecule has 5 nitrogen and oxygen atoms in total. The van der Waals surface area contributed by atoms with Gasteiger partial charge in [-0.1, -0.05) is 0 Å². The summed E-state index contributed by atoms with van der Waals surface area (Å²) in [6, 6.07) is 2.21. The largest absolute Gasteiger partial charge is 0.383 e. The summed E-state index contributed by atoms with van der Waals surface area (Å²) in [6.07, 6.45) is 1.14. The summed E-state index contributed by atoms with van der Waals surface area (Å²) in [5, 5.41) is 8.15. The molecule has 0 saturated heterocycles. The summed E-state index contributed by atoms with van der Waals surface area (Å²) in [4.78, 5) is 15.5. The van der Waals surface area contributed by atoms with Crippen LogP contribution in [0.5, 0.6) is 0 Å². The second-order valence-electron chi connectivity index (χ2n) is 4.91. The van der Waals surface area contributed by atoms with Crippen LogP contribution >= 0.6 is 11.3 Å². The lowest BCUT2D eigenvalue weighted by molar-refractivity contribution is -0.120. The van der Waals surface area contributed by atoms with Crippen molar-refractivity contribution in [2.45, 2.75) is 13.0 Å². The van der Waals surface area contributed by atoms with Gasteiger partial charge in [0.05, 0.1) is 13.2 Å². The standard InChI is InChI=1S/C14H23N3O2S/c1-19-8-5-15-10-14(18)16-4-7-17-6-2-13-12(11-17)3-9-20-13/h3,9,15H,2,4-8,10-11H2,1H3,(H,16,18). The van der Waals surface area contributed by atoms with Crippen LogP contribution in [0, 0.1) is 0 Å². The number of amides is 1. The Labute approximate surface area is 124 Å². The molecule has 112 valence electrons. The van der Waals surface area contributed by atoms with Crippen LogP contribution in [0.3, 0.4) is 0 Å². The minimum Gasteiger partial charge on any atom is -0.383 e. The molecule has 1 aromatic rings. The number of fused-ring (bicyclic) bond motifs is 1. The van der Waals surface area contributed by atoms with Gasteiger partial charge >= 0.3 is 0 Å². The zero-order chi connectivity index (χ0) is 14.2. The summed E-state index contributed by atoms with van der Waals surface area (Å²) >= 11 is 1.85. The Kier molecular flexibility index (Phi) is 6.46. The fourth-order valence-electron chi connectivity index (χ4n) is 2.29. The van der Waals surface area contributed by atoms with Gasteiger partial charge in [-0.3, -0.25) is 9.69 Å². The van der Waals surface area contributed by atoms with Crippen LogP contribution < -0.4 is 10.6 Å². The summed E-state index contributed by atoms with van der Waals surface area (Å²) in [5.41, 5.74) is 1.45. The summed E-state index contributed by atoms with van der Waals surface area (Å²) < 4.78 is 4.91. The van der Waals surface area contributed by atoms with Gasteiger partial charge in [0.15, 0.2) is 0 Å². The van der Waals surface area contributed by atoms with Crippen LogP contribution in [0.4, 0.5) is 0 Å². The quantitative estimate of drug-likeness (QED) is 0.685. The highest BCUT2D eigenvalue weighted by Gasteiger charge is 2.16. The van der Waals surface area contributed by atoms with Gasteiger partial charge in [-0.05, 0) is 23.4 Å². The molecule has 1 amide bonds. The first-order valence-corrected chi connectivity index (χ1v) is 7.91. The molecule has 1 aliphatic rings. The molecule has 0 fully saturated rings. The van der Waals surface area contributed by atoms with Gasteiger partial charge in [0.2, 0.25) is 5.91 Å². The smallest absolute Gasteiger partial charge is 0.234 e. The highest BCUT2D eigenvalue weighted by molar-refractivity contribution is 7.10. The molecular formula is C14H23N3O2S. The molecule has 2 N–H and O–H groups in total. The Morgan fingerprint density at radius 1 is 1.50 bits per heavy atom. The summed E-state index contributed by atoms with van der Waals surface area (Å²) in [7, 11) is 1.65. The van der Waals surface area contributed by atoms with Crippen molar-refractivity contribution in [3.05, 3.63) is 21.9 Å². The summed E-state index contributed by atoms with van der Waals surface area (Å²) in [5.74, 6) is 0.0503. The topological polar surface area (TPSA) is 53.6 Å². The Morgan fingerprint density at radius 3 is 3.25 bits per heavy atom. The minimum absolute atomic E-state index is 0.0503. The average molecular weight is 297 g/mol. The maximum atomic E-state index is 11.6. The van der Waals surface area contributed by atoms with E-state index in [0.717, 1.165) is 26.1 Å². The van der Waals surface area contributed by atoms with Gasteiger partial charge in [-0.15, -0.1) is 11.3 Å². The van der Waals surface area contributed by atoms with Gasteiger partial charge in [0.1, 0.15) is 0 Å². The van der Waals surface area contributed by atoms with E-state index in [0.29, 0.717) is 26.2 Å². The molecule has 0 unspecified atom stereocenters. The number of nitrogens with zero attached hydrogens (tertiary/aromatic N) is 1. The van der Waals surface area contributed by atoms with Crippen molar-refractivity contribution in [2.24, 2.45) is 0 Å². The second kappa shape index (κ2) is 8.36. The summed E-state index contributed by atoms with van der Waals surface area (Å²) in [6.45, 7) is 5.43. The van der Waals surface area contributed by atoms with E-state index in [2.05, 4.69) is 27.0 Å². The van der Waals surface area contributed by atoms with E-state index in [1.807, 2.05) is 11.3 Å². The van der Waals surface area contributed by atoms with Crippen molar-refractivity contribution in [1.29, 1.82) is 0 Å². The molecule has 0 bridgehead atoms. The van der Waals surface area contributed by atoms with Gasteiger partial charge in [-0.25, -0.2) is 0 Å². The van der Waals surface area contributed by atoms with Crippen LogP contribution in [-0.2, 0) is 22.5 Å². The number of rotatable bonds is 8. The molecule has 2 rings (SSSR count). The van der Waals surface area contributed by atoms with Gasteiger partial charge in [0, 0.05) is 44.7 Å². The number of hydrogen-bond acceptors (Lipinski definition) is 5. The lowest BCUT2D eigenvalue weighted by atomic mass is 10.1. The van der Waals surface area contributed by atoms with Gasteiger partial charge in [-0.2, -0.15) is 0 Å². The van der Waals surface area contributed by atoms with Crippen LogP contribution in [0.2, 0.25) is 0 Å². The molecule has 0 aliphatic carbocycles. The van der Waals surface area contributed by atoms with Crippen molar-refractivity contribution < 1.29 is 9.53 Å². The Hall–Kier alpha value is -0.950. The van der Waals surface area contributed by atoms with E-state index in [-0.39, 0.29) is 5.91 Å². The van der Waals surface area contributed by atoms with Crippen LogP contribution in [0.15, 0.2) is 11.4 Å². The molecule has 0 atom stereocenters. The average Bonchev–Trinajstić information content (AvgIpc) is 2.91. The minimum atomic E-state index is 0.0503. The van der Waals surface area contributed by atoms with E-state index < -0.39 is 0 Å². The molecular weight excluding hydrogens is 274 g/mol. The Balaban J connectivity index is 1.56. The predicted octanol–water partition coefficient (Wildman–Crippen LogP) is 0.458. The van der Waals surface area contributed by atoms with Crippen LogP contribution in [0.1, 0.15) is 10.4 Å². The number of thiophene rings is 1. The second-order valence-corrected chi connectivity index (χ2v) is 5.92. The monoisotopic (exact) mass is 297 g/mol. The third kappa shape index (κ3) is 4.86. The first-order valence-electron chi connectivity index (χ1n) is 7.03. The van der Waals surface area contributed by atoms with Crippen molar-refractivity contribution in [3.8, 4) is 0 Å². The number of hydrogen-bond donors (Lipinski definition) is 2. The third-order valence-electron chi connectivity index (χ3n) is 3.41. The zero-order valence-corrected chi connectivity index (χ0v) is 12.8.